The third-order valence-electron chi connectivity index (χ3n) is 6.14. The molecule has 1 aromatic carbocycles. The first-order valence-corrected chi connectivity index (χ1v) is 10.2. The predicted molar refractivity (Wildman–Crippen MR) is 110 cm³/mol. The summed E-state index contributed by atoms with van der Waals surface area (Å²) in [6.07, 6.45) is -5.66. The topological polar surface area (TPSA) is 104 Å². The molecule has 7 nitrogen and oxygen atoms in total. The Labute approximate surface area is 195 Å². The zero-order chi connectivity index (χ0) is 26.3. The summed E-state index contributed by atoms with van der Waals surface area (Å²) < 4.78 is 92.1. The number of nitrogens with zero attached hydrogens (tertiary/aromatic N) is 1. The fourth-order valence-electron chi connectivity index (χ4n) is 4.08. The van der Waals surface area contributed by atoms with Crippen LogP contribution in [0.4, 0.5) is 32.0 Å². The highest BCUT2D eigenvalue weighted by molar-refractivity contribution is 5.97. The van der Waals surface area contributed by atoms with E-state index in [-0.39, 0.29) is 22.5 Å². The number of aromatic nitrogens is 1. The minimum atomic E-state index is -4.95. The van der Waals surface area contributed by atoms with Crippen molar-refractivity contribution < 1.29 is 45.4 Å². The second-order valence-electron chi connectivity index (χ2n) is 8.21. The van der Waals surface area contributed by atoms with Gasteiger partial charge in [0.2, 0.25) is 0 Å². The van der Waals surface area contributed by atoms with Crippen molar-refractivity contribution in [2.75, 3.05) is 5.32 Å². The second-order valence-corrected chi connectivity index (χ2v) is 8.21. The molecule has 0 spiro atoms. The van der Waals surface area contributed by atoms with Crippen LogP contribution in [0.5, 0.6) is 5.75 Å². The first-order chi connectivity index (χ1) is 16.2. The Hall–Kier alpha value is -3.35. The van der Waals surface area contributed by atoms with Crippen molar-refractivity contribution in [3.05, 3.63) is 53.1 Å². The largest absolute Gasteiger partial charge is 0.434 e. The van der Waals surface area contributed by atoms with Crippen LogP contribution in [0.15, 0.2) is 30.5 Å². The maximum Gasteiger partial charge on any atom is 0.417 e. The normalized spacial score (nSPS) is 24.5. The standard InChI is InChI=1S/C22H21F6N3O4/c1-9-13(23)5-4-12(16(9)34-20(24)25)15-10(2)21(3,22(26,27)28)35-17(15)19(33)31-11-6-7-30-14(8-11)18(29)32/h4-8,10,15,17,20H,1-3H3,(H2,29,32)(H,30,31,33)/t10-,15+,17+,21+/m1/s1. The fraction of sp³-hybridized carbons (Fsp3) is 0.409. The molecule has 1 saturated heterocycles. The number of hydrogen-bond donors (Lipinski definition) is 2. The van der Waals surface area contributed by atoms with E-state index in [1.54, 1.807) is 0 Å². The molecule has 3 rings (SSSR count). The van der Waals surface area contributed by atoms with E-state index in [2.05, 4.69) is 15.0 Å². The molecule has 0 aliphatic carbocycles. The number of alkyl halides is 5. The van der Waals surface area contributed by atoms with Gasteiger partial charge in [-0.25, -0.2) is 4.39 Å². The molecule has 2 aromatic rings. The molecule has 2 heterocycles. The van der Waals surface area contributed by atoms with Crippen LogP contribution in [-0.4, -0.2) is 41.3 Å². The lowest BCUT2D eigenvalue weighted by Gasteiger charge is -2.32. The van der Waals surface area contributed by atoms with Crippen molar-refractivity contribution in [2.24, 2.45) is 11.7 Å². The van der Waals surface area contributed by atoms with E-state index in [0.717, 1.165) is 45.2 Å². The Balaban J connectivity index is 2.10. The van der Waals surface area contributed by atoms with E-state index in [0.29, 0.717) is 0 Å². The van der Waals surface area contributed by atoms with E-state index < -0.39 is 59.7 Å². The van der Waals surface area contributed by atoms with E-state index in [1.807, 2.05) is 0 Å². The van der Waals surface area contributed by atoms with Gasteiger partial charge in [0, 0.05) is 34.8 Å². The van der Waals surface area contributed by atoms with E-state index in [4.69, 9.17) is 10.5 Å². The van der Waals surface area contributed by atoms with Crippen molar-refractivity contribution in [3.63, 3.8) is 0 Å². The van der Waals surface area contributed by atoms with E-state index in [1.165, 1.54) is 6.07 Å². The number of anilines is 1. The van der Waals surface area contributed by atoms with Crippen LogP contribution in [0.1, 0.15) is 41.4 Å². The first kappa shape index (κ1) is 26.3. The van der Waals surface area contributed by atoms with Gasteiger partial charge in [0.05, 0.1) is 0 Å². The summed E-state index contributed by atoms with van der Waals surface area (Å²) in [4.78, 5) is 28.2. The van der Waals surface area contributed by atoms with Crippen LogP contribution in [0.25, 0.3) is 0 Å². The van der Waals surface area contributed by atoms with Gasteiger partial charge >= 0.3 is 12.8 Å². The Morgan fingerprint density at radius 1 is 1.26 bits per heavy atom. The van der Waals surface area contributed by atoms with E-state index in [9.17, 15) is 35.9 Å². The van der Waals surface area contributed by atoms with Crippen LogP contribution in [0, 0.1) is 18.7 Å². The number of rotatable bonds is 6. The van der Waals surface area contributed by atoms with Crippen molar-refractivity contribution >= 4 is 17.5 Å². The minimum Gasteiger partial charge on any atom is -0.434 e. The molecule has 0 bridgehead atoms. The first-order valence-electron chi connectivity index (χ1n) is 10.2. The highest BCUT2D eigenvalue weighted by atomic mass is 19.4. The molecule has 3 N–H and O–H groups in total. The number of carbonyl (C=O) groups excluding carboxylic acids is 2. The SMILES string of the molecule is Cc1c(F)ccc([C@H]2[C@@H](C(=O)Nc3ccnc(C(N)=O)c3)O[C@](C)(C(F)(F)F)[C@@H]2C)c1OC(F)F. The van der Waals surface area contributed by atoms with Gasteiger partial charge < -0.3 is 20.5 Å². The molecular weight excluding hydrogens is 484 g/mol. The number of hydrogen-bond acceptors (Lipinski definition) is 5. The number of benzene rings is 1. The molecule has 0 saturated carbocycles. The summed E-state index contributed by atoms with van der Waals surface area (Å²) in [6, 6.07) is 4.23. The average Bonchev–Trinajstić information content (AvgIpc) is 3.04. The average molecular weight is 505 g/mol. The molecule has 0 radical (unpaired) electrons. The molecule has 1 aromatic heterocycles. The Kier molecular flexibility index (Phi) is 7.02. The molecule has 190 valence electrons. The third kappa shape index (κ3) is 4.90. The van der Waals surface area contributed by atoms with Crippen molar-refractivity contribution in [1.82, 2.24) is 4.98 Å². The summed E-state index contributed by atoms with van der Waals surface area (Å²) >= 11 is 0. The van der Waals surface area contributed by atoms with Gasteiger partial charge in [-0.2, -0.15) is 22.0 Å². The highest BCUT2D eigenvalue weighted by Crippen LogP contribution is 2.55. The smallest absolute Gasteiger partial charge is 0.417 e. The third-order valence-corrected chi connectivity index (χ3v) is 6.14. The number of halogens is 6. The van der Waals surface area contributed by atoms with Crippen LogP contribution in [0.2, 0.25) is 0 Å². The number of nitrogens with one attached hydrogen (secondary N) is 1. The lowest BCUT2D eigenvalue weighted by atomic mass is 9.76. The minimum absolute atomic E-state index is 0.0197. The fourth-order valence-corrected chi connectivity index (χ4v) is 4.08. The number of pyridine rings is 1. The van der Waals surface area contributed by atoms with Gasteiger partial charge in [0.25, 0.3) is 11.8 Å². The van der Waals surface area contributed by atoms with Crippen LogP contribution in [0.3, 0.4) is 0 Å². The maximum absolute atomic E-state index is 14.1. The van der Waals surface area contributed by atoms with Gasteiger partial charge in [-0.15, -0.1) is 0 Å². The number of carbonyl (C=O) groups is 2. The Bertz CT molecular complexity index is 1140. The number of amides is 2. The summed E-state index contributed by atoms with van der Waals surface area (Å²) in [7, 11) is 0. The zero-order valence-electron chi connectivity index (χ0n) is 18.6. The molecule has 35 heavy (non-hydrogen) atoms. The second kappa shape index (κ2) is 9.36. The Morgan fingerprint density at radius 3 is 2.49 bits per heavy atom. The predicted octanol–water partition coefficient (Wildman–Crippen LogP) is 4.31. The highest BCUT2D eigenvalue weighted by Gasteiger charge is 2.65. The summed E-state index contributed by atoms with van der Waals surface area (Å²) in [5, 5.41) is 2.33. The molecule has 13 heteroatoms. The molecule has 0 unspecified atom stereocenters. The summed E-state index contributed by atoms with van der Waals surface area (Å²) in [5.74, 6) is -6.53. The van der Waals surface area contributed by atoms with Crippen molar-refractivity contribution in [1.29, 1.82) is 0 Å². The summed E-state index contributed by atoms with van der Waals surface area (Å²) in [5.41, 5.74) is 1.43. The summed E-state index contributed by atoms with van der Waals surface area (Å²) in [6.45, 7) is -0.401. The van der Waals surface area contributed by atoms with Crippen LogP contribution < -0.4 is 15.8 Å². The van der Waals surface area contributed by atoms with Crippen molar-refractivity contribution in [2.45, 2.75) is 51.2 Å². The van der Waals surface area contributed by atoms with E-state index >= 15 is 0 Å². The van der Waals surface area contributed by atoms with Crippen LogP contribution in [-0.2, 0) is 9.53 Å². The number of nitrogens with two attached hydrogens (primary N) is 1. The molecule has 4 atom stereocenters. The number of ether oxygens (including phenoxy) is 2. The van der Waals surface area contributed by atoms with Gasteiger partial charge in [-0.3, -0.25) is 14.6 Å². The molecule has 1 aliphatic heterocycles. The van der Waals surface area contributed by atoms with Gasteiger partial charge in [0.15, 0.2) is 5.60 Å². The zero-order valence-corrected chi connectivity index (χ0v) is 18.6. The molecule has 1 aliphatic rings. The van der Waals surface area contributed by atoms with Gasteiger partial charge in [0.1, 0.15) is 23.4 Å². The van der Waals surface area contributed by atoms with Gasteiger partial charge in [-0.1, -0.05) is 13.0 Å². The monoisotopic (exact) mass is 505 g/mol. The molecule has 2 amide bonds. The quantitative estimate of drug-likeness (QED) is 0.570. The van der Waals surface area contributed by atoms with Crippen LogP contribution >= 0.6 is 0 Å². The molecular formula is C22H21F6N3O4. The van der Waals surface area contributed by atoms with Crippen molar-refractivity contribution in [3.8, 4) is 5.75 Å². The maximum atomic E-state index is 14.1. The lowest BCUT2D eigenvalue weighted by Crippen LogP contribution is -2.47. The number of primary amides is 1. The van der Waals surface area contributed by atoms with Gasteiger partial charge in [-0.05, 0) is 32.0 Å². The molecule has 1 fully saturated rings. The Morgan fingerprint density at radius 2 is 1.91 bits per heavy atom. The lowest BCUT2D eigenvalue weighted by molar-refractivity contribution is -0.272.